The van der Waals surface area contributed by atoms with Gasteiger partial charge in [-0.2, -0.15) is 0 Å². The van der Waals surface area contributed by atoms with E-state index in [4.69, 9.17) is 9.73 Å². The summed E-state index contributed by atoms with van der Waals surface area (Å²) in [4.78, 5) is 26.7. The van der Waals surface area contributed by atoms with Crippen LogP contribution in [0.3, 0.4) is 0 Å². The molecule has 1 amide bonds. The van der Waals surface area contributed by atoms with Gasteiger partial charge in [-0.1, -0.05) is 0 Å². The maximum absolute atomic E-state index is 12.5. The first-order valence-corrected chi connectivity index (χ1v) is 11.5. The molecule has 8 heteroatoms. The number of aliphatic imine (C=N–C) groups is 1. The van der Waals surface area contributed by atoms with E-state index >= 15 is 0 Å². The summed E-state index contributed by atoms with van der Waals surface area (Å²) in [5, 5.41) is 3.43. The number of carbonyl (C=O) groups is 1. The predicted molar refractivity (Wildman–Crippen MR) is 116 cm³/mol. The smallest absolute Gasteiger partial charge is 0.251 e. The molecule has 0 aromatic heterocycles. The second-order valence-electron chi connectivity index (χ2n) is 8.40. The van der Waals surface area contributed by atoms with E-state index in [1.54, 1.807) is 0 Å². The minimum absolute atomic E-state index is 0.173. The summed E-state index contributed by atoms with van der Waals surface area (Å²) in [6.45, 7) is 13.6. The lowest BCUT2D eigenvalue weighted by Crippen LogP contribution is -2.55. The van der Waals surface area contributed by atoms with Gasteiger partial charge in [0.15, 0.2) is 5.96 Å². The number of nitrogens with zero attached hydrogens (tertiary/aromatic N) is 5. The number of rotatable bonds is 6. The molecule has 0 aromatic carbocycles. The topological polar surface area (TPSA) is 63.7 Å². The van der Waals surface area contributed by atoms with Crippen LogP contribution in [0.25, 0.3) is 0 Å². The van der Waals surface area contributed by atoms with Gasteiger partial charge in [0, 0.05) is 59.0 Å². The van der Waals surface area contributed by atoms with E-state index in [0.29, 0.717) is 0 Å². The zero-order valence-corrected chi connectivity index (χ0v) is 18.4. The lowest BCUT2D eigenvalue weighted by atomic mass is 10.2. The molecule has 166 valence electrons. The molecular formula is C21H40N6O2. The quantitative estimate of drug-likeness (QED) is 0.388. The maximum atomic E-state index is 12.5. The summed E-state index contributed by atoms with van der Waals surface area (Å²) in [5.74, 6) is 1.17. The van der Waals surface area contributed by atoms with Crippen LogP contribution in [0.5, 0.6) is 0 Å². The van der Waals surface area contributed by atoms with E-state index in [1.165, 1.54) is 32.6 Å². The fourth-order valence-electron chi connectivity index (χ4n) is 4.34. The first-order chi connectivity index (χ1) is 14.2. The van der Waals surface area contributed by atoms with Gasteiger partial charge in [0.25, 0.3) is 5.91 Å². The molecule has 1 N–H and O–H groups in total. The standard InChI is InChI=1S/C21H40N6O2/c1-3-22-21(23-8-5-10-25-11-6-9-24(2)12-13-25)27-16-14-26(15-17-27)20(28)19-7-4-18-29-19/h19H,3-18H2,1-2H3,(H,22,23). The Morgan fingerprint density at radius 3 is 2.55 bits per heavy atom. The third-order valence-corrected chi connectivity index (χ3v) is 6.14. The number of nitrogens with one attached hydrogen (secondary N) is 1. The van der Waals surface area contributed by atoms with Crippen LogP contribution in [0.15, 0.2) is 4.99 Å². The predicted octanol–water partition coefficient (Wildman–Crippen LogP) is 0.303. The van der Waals surface area contributed by atoms with E-state index in [2.05, 4.69) is 34.0 Å². The lowest BCUT2D eigenvalue weighted by molar-refractivity contribution is -0.142. The lowest BCUT2D eigenvalue weighted by Gasteiger charge is -2.37. The fraction of sp³-hybridized carbons (Fsp3) is 0.905. The van der Waals surface area contributed by atoms with Crippen molar-refractivity contribution < 1.29 is 9.53 Å². The minimum Gasteiger partial charge on any atom is -0.368 e. The van der Waals surface area contributed by atoms with E-state index in [1.807, 2.05) is 4.90 Å². The molecule has 0 bridgehead atoms. The van der Waals surface area contributed by atoms with Gasteiger partial charge >= 0.3 is 0 Å². The van der Waals surface area contributed by atoms with Gasteiger partial charge in [-0.25, -0.2) is 0 Å². The molecule has 29 heavy (non-hydrogen) atoms. The van der Waals surface area contributed by atoms with Gasteiger partial charge < -0.3 is 29.7 Å². The number of hydrogen-bond acceptors (Lipinski definition) is 5. The Morgan fingerprint density at radius 2 is 1.83 bits per heavy atom. The van der Waals surface area contributed by atoms with Gasteiger partial charge in [0.1, 0.15) is 6.10 Å². The van der Waals surface area contributed by atoms with Crippen LogP contribution in [0, 0.1) is 0 Å². The Labute approximate surface area is 176 Å². The molecule has 1 unspecified atom stereocenters. The van der Waals surface area contributed by atoms with Gasteiger partial charge in [-0.3, -0.25) is 9.79 Å². The Morgan fingerprint density at radius 1 is 1.03 bits per heavy atom. The molecule has 0 saturated carbocycles. The Kier molecular flexibility index (Phi) is 9.01. The largest absolute Gasteiger partial charge is 0.368 e. The van der Waals surface area contributed by atoms with Gasteiger partial charge in [-0.05, 0) is 59.3 Å². The fourth-order valence-corrected chi connectivity index (χ4v) is 4.34. The van der Waals surface area contributed by atoms with Crippen molar-refractivity contribution in [1.82, 2.24) is 24.9 Å². The third-order valence-electron chi connectivity index (χ3n) is 6.14. The van der Waals surface area contributed by atoms with Crippen molar-refractivity contribution in [1.29, 1.82) is 0 Å². The normalized spacial score (nSPS) is 25.3. The first kappa shape index (κ1) is 22.3. The Bertz CT molecular complexity index is 529. The Hall–Kier alpha value is -1.38. The number of ether oxygens (including phenoxy) is 1. The highest BCUT2D eigenvalue weighted by Crippen LogP contribution is 2.16. The van der Waals surface area contributed by atoms with E-state index < -0.39 is 0 Å². The van der Waals surface area contributed by atoms with Crippen LogP contribution < -0.4 is 5.32 Å². The van der Waals surface area contributed by atoms with Crippen molar-refractivity contribution in [3.05, 3.63) is 0 Å². The second-order valence-corrected chi connectivity index (χ2v) is 8.40. The molecule has 1 atom stereocenters. The maximum Gasteiger partial charge on any atom is 0.251 e. The number of hydrogen-bond donors (Lipinski definition) is 1. The highest BCUT2D eigenvalue weighted by Gasteiger charge is 2.30. The van der Waals surface area contributed by atoms with Crippen LogP contribution in [-0.4, -0.2) is 123 Å². The van der Waals surface area contributed by atoms with Crippen molar-refractivity contribution in [2.24, 2.45) is 4.99 Å². The summed E-state index contributed by atoms with van der Waals surface area (Å²) >= 11 is 0. The van der Waals surface area contributed by atoms with Crippen molar-refractivity contribution in [3.63, 3.8) is 0 Å². The average molecular weight is 409 g/mol. The van der Waals surface area contributed by atoms with Crippen LogP contribution in [0.4, 0.5) is 0 Å². The monoisotopic (exact) mass is 408 g/mol. The summed E-state index contributed by atoms with van der Waals surface area (Å²) in [5.41, 5.74) is 0. The first-order valence-electron chi connectivity index (χ1n) is 11.5. The molecule has 8 nitrogen and oxygen atoms in total. The molecule has 3 aliphatic rings. The molecular weight excluding hydrogens is 368 g/mol. The summed E-state index contributed by atoms with van der Waals surface area (Å²) in [6.07, 6.45) is 4.02. The van der Waals surface area contributed by atoms with Gasteiger partial charge in [0.2, 0.25) is 0 Å². The van der Waals surface area contributed by atoms with Gasteiger partial charge in [0.05, 0.1) is 0 Å². The number of guanidine groups is 1. The summed E-state index contributed by atoms with van der Waals surface area (Å²) < 4.78 is 5.56. The number of likely N-dealkylation sites (N-methyl/N-ethyl adjacent to an activating group) is 1. The van der Waals surface area contributed by atoms with Crippen molar-refractivity contribution in [2.75, 3.05) is 85.6 Å². The Balaban J connectivity index is 1.41. The highest BCUT2D eigenvalue weighted by molar-refractivity contribution is 5.82. The third kappa shape index (κ3) is 6.83. The molecule has 3 aliphatic heterocycles. The molecule has 0 aliphatic carbocycles. The van der Waals surface area contributed by atoms with Gasteiger partial charge in [-0.15, -0.1) is 0 Å². The van der Waals surface area contributed by atoms with E-state index in [0.717, 1.165) is 77.6 Å². The zero-order valence-electron chi connectivity index (χ0n) is 18.4. The SMILES string of the molecule is CCNC(=NCCCN1CCCN(C)CC1)N1CCN(C(=O)C2CCCO2)CC1. The van der Waals surface area contributed by atoms with Crippen LogP contribution >= 0.6 is 0 Å². The second kappa shape index (κ2) is 11.7. The molecule has 0 radical (unpaired) electrons. The molecule has 0 spiro atoms. The molecule has 3 heterocycles. The number of piperazine rings is 1. The van der Waals surface area contributed by atoms with Crippen molar-refractivity contribution >= 4 is 11.9 Å². The average Bonchev–Trinajstić information content (AvgIpc) is 3.20. The molecule has 3 saturated heterocycles. The summed E-state index contributed by atoms with van der Waals surface area (Å²) in [6, 6.07) is 0. The van der Waals surface area contributed by atoms with Crippen LogP contribution in [0.1, 0.15) is 32.6 Å². The van der Waals surface area contributed by atoms with Crippen molar-refractivity contribution in [3.8, 4) is 0 Å². The summed E-state index contributed by atoms with van der Waals surface area (Å²) in [7, 11) is 2.21. The number of carbonyl (C=O) groups excluding carboxylic acids is 1. The van der Waals surface area contributed by atoms with E-state index in [-0.39, 0.29) is 12.0 Å². The number of amides is 1. The van der Waals surface area contributed by atoms with Crippen molar-refractivity contribution in [2.45, 2.75) is 38.7 Å². The van der Waals surface area contributed by atoms with Crippen LogP contribution in [0.2, 0.25) is 0 Å². The molecule has 3 rings (SSSR count). The molecule has 3 fully saturated rings. The van der Waals surface area contributed by atoms with E-state index in [9.17, 15) is 4.79 Å². The molecule has 0 aromatic rings. The van der Waals surface area contributed by atoms with Crippen LogP contribution in [-0.2, 0) is 9.53 Å². The zero-order chi connectivity index (χ0) is 20.5. The highest BCUT2D eigenvalue weighted by atomic mass is 16.5. The minimum atomic E-state index is -0.206.